The van der Waals surface area contributed by atoms with Crippen molar-refractivity contribution in [2.24, 2.45) is 5.92 Å². The van der Waals surface area contributed by atoms with Gasteiger partial charge in [-0.3, -0.25) is 19.8 Å². The number of nitrogens with zero attached hydrogens (tertiary/aromatic N) is 3. The number of methoxy groups -OCH3 is 1. The third kappa shape index (κ3) is 10.2. The zero-order valence-corrected chi connectivity index (χ0v) is 28.8. The van der Waals surface area contributed by atoms with Crippen LogP contribution in [0.15, 0.2) is 53.4 Å². The summed E-state index contributed by atoms with van der Waals surface area (Å²) in [5.74, 6) is -0.812. The van der Waals surface area contributed by atoms with E-state index in [9.17, 15) is 27.9 Å². The number of ether oxygens (including phenoxy) is 1. The lowest BCUT2D eigenvalue weighted by Crippen LogP contribution is -2.55. The fraction of sp³-hybridized carbons (Fsp3) is 0.500. The molecule has 1 aliphatic rings. The summed E-state index contributed by atoms with van der Waals surface area (Å²) in [5, 5.41) is 19.9. The summed E-state index contributed by atoms with van der Waals surface area (Å²) >= 11 is 1.10. The Hall–Kier alpha value is -3.63. The van der Waals surface area contributed by atoms with Gasteiger partial charge in [-0.1, -0.05) is 55.5 Å². The Bertz CT molecular complexity index is 1630. The summed E-state index contributed by atoms with van der Waals surface area (Å²) in [4.78, 5) is 43.8. The third-order valence-electron chi connectivity index (χ3n) is 7.78. The number of likely N-dealkylation sites (tertiary alicyclic amines) is 1. The highest BCUT2D eigenvalue weighted by molar-refractivity contribution is 7.89. The van der Waals surface area contributed by atoms with E-state index in [1.54, 1.807) is 13.0 Å². The van der Waals surface area contributed by atoms with Crippen molar-refractivity contribution >= 4 is 54.6 Å². The minimum Gasteiger partial charge on any atom is -0.453 e. The van der Waals surface area contributed by atoms with E-state index in [1.807, 2.05) is 49.1 Å². The summed E-state index contributed by atoms with van der Waals surface area (Å²) in [6, 6.07) is 12.0. The number of anilines is 1. The summed E-state index contributed by atoms with van der Waals surface area (Å²) in [6.45, 7) is 7.08. The van der Waals surface area contributed by atoms with Gasteiger partial charge in [-0.2, -0.15) is 4.31 Å². The number of amides is 3. The van der Waals surface area contributed by atoms with E-state index < -0.39 is 40.2 Å². The van der Waals surface area contributed by atoms with Crippen LogP contribution in [0.5, 0.6) is 0 Å². The molecule has 13 nitrogen and oxygen atoms in total. The Morgan fingerprint density at radius 2 is 1.74 bits per heavy atom. The molecule has 1 saturated heterocycles. The van der Waals surface area contributed by atoms with Crippen LogP contribution in [-0.4, -0.2) is 104 Å². The van der Waals surface area contributed by atoms with Gasteiger partial charge < -0.3 is 20.5 Å². The number of sulfonamides is 1. The van der Waals surface area contributed by atoms with Gasteiger partial charge in [-0.25, -0.2) is 18.2 Å². The van der Waals surface area contributed by atoms with Crippen molar-refractivity contribution in [3.63, 3.8) is 0 Å². The molecule has 1 aromatic heterocycles. The smallest absolute Gasteiger partial charge is 0.413 e. The minimum absolute atomic E-state index is 0.00380. The second-order valence-corrected chi connectivity index (χ2v) is 15.1. The second kappa shape index (κ2) is 16.5. The number of carbonyl (C=O) groups is 3. The van der Waals surface area contributed by atoms with Crippen molar-refractivity contribution in [3.05, 3.63) is 54.1 Å². The zero-order chi connectivity index (χ0) is 34.1. The molecule has 0 aliphatic carbocycles. The van der Waals surface area contributed by atoms with Crippen LogP contribution in [0.3, 0.4) is 0 Å². The van der Waals surface area contributed by atoms with Crippen LogP contribution in [0.25, 0.3) is 10.2 Å². The van der Waals surface area contributed by atoms with Crippen LogP contribution in [-0.2, 0) is 30.8 Å². The zero-order valence-electron chi connectivity index (χ0n) is 27.1. The van der Waals surface area contributed by atoms with Crippen molar-refractivity contribution in [2.45, 2.75) is 63.1 Å². The average molecular weight is 689 g/mol. The van der Waals surface area contributed by atoms with Gasteiger partial charge in [0.25, 0.3) is 0 Å². The van der Waals surface area contributed by atoms with E-state index >= 15 is 0 Å². The fourth-order valence-corrected chi connectivity index (χ4v) is 7.99. The number of fused-ring (bicyclic) bond motifs is 1. The normalized spacial score (nSPS) is 15.8. The van der Waals surface area contributed by atoms with Crippen LogP contribution in [0.1, 0.15) is 39.2 Å². The van der Waals surface area contributed by atoms with E-state index in [1.165, 1.54) is 23.5 Å². The molecule has 4 N–H and O–H groups in total. The summed E-state index contributed by atoms with van der Waals surface area (Å²) in [7, 11) is -2.88. The van der Waals surface area contributed by atoms with Crippen molar-refractivity contribution in [3.8, 4) is 0 Å². The Labute approximate surface area is 279 Å². The maximum absolute atomic E-state index is 14.0. The molecule has 0 bridgehead atoms. The molecule has 4 rings (SSSR count). The number of nitrogens with one attached hydrogen (secondary N) is 3. The molecule has 2 heterocycles. The standard InChI is InChI=1S/C32H44N6O7S2/c1-21(2)18-38(47(43,44)24-12-13-25-28(17-24)46-31(35-25)36-32(42)45-4)19-27(39)26(16-23-10-6-5-7-11-23)34-30(41)22(3)33-29(40)20-37-14-8-9-15-37/h5-7,10-13,17,21-22,26-27,39H,8-9,14-16,18-20H2,1-4H3,(H,33,40)(H,34,41)(H,35,36,42). The molecule has 256 valence electrons. The maximum Gasteiger partial charge on any atom is 0.413 e. The van der Waals surface area contributed by atoms with Gasteiger partial charge in [0.05, 0.1) is 40.9 Å². The molecule has 3 aromatic rings. The highest BCUT2D eigenvalue weighted by atomic mass is 32.2. The predicted octanol–water partition coefficient (Wildman–Crippen LogP) is 2.81. The molecule has 1 fully saturated rings. The van der Waals surface area contributed by atoms with Crippen LogP contribution in [0.2, 0.25) is 0 Å². The molecule has 15 heteroatoms. The number of aliphatic hydroxyl groups is 1. The van der Waals surface area contributed by atoms with Gasteiger partial charge in [0.2, 0.25) is 21.8 Å². The molecular formula is C32H44N6O7S2. The number of aromatic nitrogens is 1. The molecule has 3 atom stereocenters. The lowest BCUT2D eigenvalue weighted by Gasteiger charge is -2.31. The molecule has 0 saturated carbocycles. The number of benzene rings is 2. The largest absolute Gasteiger partial charge is 0.453 e. The van der Waals surface area contributed by atoms with Gasteiger partial charge in [-0.15, -0.1) is 0 Å². The third-order valence-corrected chi connectivity index (χ3v) is 10.5. The van der Waals surface area contributed by atoms with Gasteiger partial charge in [0, 0.05) is 13.1 Å². The SMILES string of the molecule is COC(=O)Nc1nc2ccc(S(=O)(=O)N(CC(C)C)CC(O)C(Cc3ccccc3)NC(=O)C(C)NC(=O)CN3CCCC3)cc2s1. The van der Waals surface area contributed by atoms with Crippen LogP contribution >= 0.6 is 11.3 Å². The predicted molar refractivity (Wildman–Crippen MR) is 181 cm³/mol. The van der Waals surface area contributed by atoms with E-state index in [4.69, 9.17) is 0 Å². The number of hydrogen-bond donors (Lipinski definition) is 4. The van der Waals surface area contributed by atoms with Gasteiger partial charge in [0.1, 0.15) is 6.04 Å². The topological polar surface area (TPSA) is 170 Å². The first-order valence-corrected chi connectivity index (χ1v) is 17.9. The second-order valence-electron chi connectivity index (χ2n) is 12.1. The van der Waals surface area contributed by atoms with Gasteiger partial charge in [-0.05, 0) is 69.0 Å². The molecule has 1 aliphatic heterocycles. The number of carbonyl (C=O) groups excluding carboxylic acids is 3. The highest BCUT2D eigenvalue weighted by Gasteiger charge is 2.32. The first kappa shape index (κ1) is 36.2. The van der Waals surface area contributed by atoms with Crippen molar-refractivity contribution in [2.75, 3.05) is 45.2 Å². The van der Waals surface area contributed by atoms with Crippen LogP contribution in [0.4, 0.5) is 9.93 Å². The van der Waals surface area contributed by atoms with Crippen molar-refractivity contribution in [1.82, 2.24) is 24.8 Å². The Balaban J connectivity index is 1.53. The Morgan fingerprint density at radius 3 is 2.40 bits per heavy atom. The molecule has 3 unspecified atom stereocenters. The first-order valence-electron chi connectivity index (χ1n) is 15.7. The number of rotatable bonds is 15. The number of thiazole rings is 1. The van der Waals surface area contributed by atoms with E-state index in [2.05, 4.69) is 25.7 Å². The molecule has 2 aromatic carbocycles. The lowest BCUT2D eigenvalue weighted by atomic mass is 10.0. The Kier molecular flexibility index (Phi) is 12.7. The quantitative estimate of drug-likeness (QED) is 0.188. The van der Waals surface area contributed by atoms with E-state index in [0.29, 0.717) is 10.2 Å². The highest BCUT2D eigenvalue weighted by Crippen LogP contribution is 2.30. The summed E-state index contributed by atoms with van der Waals surface area (Å²) in [6.07, 6.45) is 0.344. The molecule has 0 spiro atoms. The minimum atomic E-state index is -4.11. The molecule has 0 radical (unpaired) electrons. The van der Waals surface area contributed by atoms with Gasteiger partial charge >= 0.3 is 6.09 Å². The van der Waals surface area contributed by atoms with Gasteiger partial charge in [0.15, 0.2) is 5.13 Å². The Morgan fingerprint density at radius 1 is 1.04 bits per heavy atom. The van der Waals surface area contributed by atoms with Crippen molar-refractivity contribution < 1.29 is 32.6 Å². The maximum atomic E-state index is 14.0. The first-order chi connectivity index (χ1) is 22.3. The van der Waals surface area contributed by atoms with Crippen LogP contribution in [0, 0.1) is 5.92 Å². The summed E-state index contributed by atoms with van der Waals surface area (Å²) < 4.78 is 34.4. The molecular weight excluding hydrogens is 645 g/mol. The van der Waals surface area contributed by atoms with Crippen molar-refractivity contribution in [1.29, 1.82) is 0 Å². The molecule has 47 heavy (non-hydrogen) atoms. The lowest BCUT2D eigenvalue weighted by molar-refractivity contribution is -0.129. The average Bonchev–Trinajstić information content (AvgIpc) is 3.69. The van der Waals surface area contributed by atoms with Crippen LogP contribution < -0.4 is 16.0 Å². The van der Waals surface area contributed by atoms with E-state index in [-0.39, 0.29) is 47.9 Å². The summed E-state index contributed by atoms with van der Waals surface area (Å²) in [5.41, 5.74) is 1.34. The van der Waals surface area contributed by atoms with E-state index in [0.717, 1.165) is 42.8 Å². The number of hydrogen-bond acceptors (Lipinski definition) is 10. The fourth-order valence-electron chi connectivity index (χ4n) is 5.38. The number of aliphatic hydroxyl groups excluding tert-OH is 1. The monoisotopic (exact) mass is 688 g/mol. The molecule has 3 amide bonds.